The molecule has 4 heteroatoms. The predicted octanol–water partition coefficient (Wildman–Crippen LogP) is 9.28. The number of hydrogen-bond acceptors (Lipinski definition) is 3. The summed E-state index contributed by atoms with van der Waals surface area (Å²) in [6.45, 7) is 4.22. The first-order chi connectivity index (χ1) is 19.2. The molecule has 1 aliphatic carbocycles. The SMILES string of the molecule is C/C(=C\c1c(C)oc2c(N(c3ccccc3)C3C=CC=CC3)cncc12)n1c2ccccc2c2ccccc21. The van der Waals surface area contributed by atoms with Gasteiger partial charge in [0.1, 0.15) is 11.4 Å². The molecule has 0 amide bonds. The molecule has 1 aliphatic rings. The van der Waals surface area contributed by atoms with Crippen molar-refractivity contribution in [1.29, 1.82) is 0 Å². The summed E-state index contributed by atoms with van der Waals surface area (Å²) in [6.07, 6.45) is 15.7. The minimum absolute atomic E-state index is 0.175. The maximum atomic E-state index is 6.54. The fourth-order valence-electron chi connectivity index (χ4n) is 5.92. The predicted molar refractivity (Wildman–Crippen MR) is 163 cm³/mol. The van der Waals surface area contributed by atoms with Crippen LogP contribution in [0.25, 0.3) is 44.5 Å². The number of para-hydroxylation sites is 3. The average molecular weight is 508 g/mol. The standard InChI is InChI=1S/C35H29N3O/c1-24(37-32-19-11-9-17-28(32)29-18-10-12-20-33(29)37)21-30-25(2)39-35-31(30)22-36-23-34(35)38(26-13-5-3-6-14-26)27-15-7-4-8-16-27/h3-15,17-23,27H,16H2,1-2H3/b24-21+. The second kappa shape index (κ2) is 9.48. The van der Waals surface area contributed by atoms with E-state index in [0.29, 0.717) is 0 Å². The number of anilines is 2. The normalized spacial score (nSPS) is 15.5. The minimum Gasteiger partial charge on any atom is -0.458 e. The Morgan fingerprint density at radius 2 is 1.56 bits per heavy atom. The van der Waals surface area contributed by atoms with E-state index in [1.807, 2.05) is 19.3 Å². The lowest BCUT2D eigenvalue weighted by Crippen LogP contribution is -2.30. The molecule has 0 radical (unpaired) electrons. The van der Waals surface area contributed by atoms with E-state index in [-0.39, 0.29) is 6.04 Å². The fourth-order valence-corrected chi connectivity index (χ4v) is 5.92. The van der Waals surface area contributed by atoms with E-state index >= 15 is 0 Å². The molecule has 3 heterocycles. The molecule has 0 fully saturated rings. The molecule has 6 aromatic rings. The van der Waals surface area contributed by atoms with Gasteiger partial charge >= 0.3 is 0 Å². The Hall–Kier alpha value is -4.83. The van der Waals surface area contributed by atoms with Gasteiger partial charge in [-0.25, -0.2) is 0 Å². The minimum atomic E-state index is 0.175. The van der Waals surface area contributed by atoms with Gasteiger partial charge in [-0.3, -0.25) is 4.98 Å². The van der Waals surface area contributed by atoms with Gasteiger partial charge in [0.25, 0.3) is 0 Å². The van der Waals surface area contributed by atoms with Crippen molar-refractivity contribution in [3.05, 3.63) is 127 Å². The zero-order valence-electron chi connectivity index (χ0n) is 22.1. The summed E-state index contributed by atoms with van der Waals surface area (Å²) in [5.41, 5.74) is 7.53. The van der Waals surface area contributed by atoms with Gasteiger partial charge in [0, 0.05) is 39.3 Å². The van der Waals surface area contributed by atoms with Gasteiger partial charge in [-0.1, -0.05) is 78.9 Å². The van der Waals surface area contributed by atoms with Crippen LogP contribution in [0.3, 0.4) is 0 Å². The Bertz CT molecular complexity index is 1870. The number of fused-ring (bicyclic) bond motifs is 4. The maximum Gasteiger partial charge on any atom is 0.161 e. The number of aromatic nitrogens is 2. The first kappa shape index (κ1) is 23.3. The summed E-state index contributed by atoms with van der Waals surface area (Å²) < 4.78 is 8.88. The molecule has 3 aromatic heterocycles. The molecule has 4 nitrogen and oxygen atoms in total. The van der Waals surface area contributed by atoms with Crippen LogP contribution in [-0.4, -0.2) is 15.6 Å². The number of nitrogens with zero attached hydrogens (tertiary/aromatic N) is 3. The van der Waals surface area contributed by atoms with E-state index in [1.54, 1.807) is 0 Å². The van der Waals surface area contributed by atoms with Crippen molar-refractivity contribution >= 4 is 55.9 Å². The molecular weight excluding hydrogens is 478 g/mol. The van der Waals surface area contributed by atoms with Crippen molar-refractivity contribution in [2.24, 2.45) is 0 Å². The lowest BCUT2D eigenvalue weighted by atomic mass is 10.0. The van der Waals surface area contributed by atoms with Crippen molar-refractivity contribution in [3.8, 4) is 0 Å². The molecule has 0 aliphatic heterocycles. The Morgan fingerprint density at radius 3 is 2.26 bits per heavy atom. The lowest BCUT2D eigenvalue weighted by Gasteiger charge is -2.32. The summed E-state index contributed by atoms with van der Waals surface area (Å²) in [6, 6.07) is 27.9. The van der Waals surface area contributed by atoms with E-state index in [9.17, 15) is 0 Å². The first-order valence-corrected chi connectivity index (χ1v) is 13.4. The quantitative estimate of drug-likeness (QED) is 0.233. The summed E-state index contributed by atoms with van der Waals surface area (Å²) >= 11 is 0. The highest BCUT2D eigenvalue weighted by atomic mass is 16.3. The molecule has 0 bridgehead atoms. The Kier molecular flexibility index (Phi) is 5.66. The van der Waals surface area contributed by atoms with Gasteiger partial charge < -0.3 is 13.9 Å². The number of pyridine rings is 1. The van der Waals surface area contributed by atoms with Crippen LogP contribution in [0, 0.1) is 6.92 Å². The largest absolute Gasteiger partial charge is 0.458 e. The third-order valence-corrected chi connectivity index (χ3v) is 7.67. The molecule has 39 heavy (non-hydrogen) atoms. The van der Waals surface area contributed by atoms with Crippen LogP contribution in [0.15, 0.2) is 120 Å². The van der Waals surface area contributed by atoms with E-state index < -0.39 is 0 Å². The van der Waals surface area contributed by atoms with Crippen LogP contribution in [0.2, 0.25) is 0 Å². The van der Waals surface area contributed by atoms with Crippen LogP contribution < -0.4 is 4.90 Å². The monoisotopic (exact) mass is 507 g/mol. The van der Waals surface area contributed by atoms with Crippen LogP contribution in [-0.2, 0) is 0 Å². The van der Waals surface area contributed by atoms with Crippen LogP contribution in [0.5, 0.6) is 0 Å². The smallest absolute Gasteiger partial charge is 0.161 e. The zero-order chi connectivity index (χ0) is 26.3. The van der Waals surface area contributed by atoms with Crippen molar-refractivity contribution in [3.63, 3.8) is 0 Å². The van der Waals surface area contributed by atoms with Gasteiger partial charge in [0.2, 0.25) is 0 Å². The summed E-state index contributed by atoms with van der Waals surface area (Å²) in [7, 11) is 0. The summed E-state index contributed by atoms with van der Waals surface area (Å²) in [5, 5.41) is 3.53. The molecule has 1 unspecified atom stereocenters. The Labute approximate surface area is 227 Å². The third-order valence-electron chi connectivity index (χ3n) is 7.67. The van der Waals surface area contributed by atoms with Crippen molar-refractivity contribution in [1.82, 2.24) is 9.55 Å². The number of furan rings is 1. The van der Waals surface area contributed by atoms with E-state index in [2.05, 4.69) is 126 Å². The van der Waals surface area contributed by atoms with Crippen molar-refractivity contribution < 1.29 is 4.42 Å². The molecular formula is C35H29N3O. The molecule has 0 spiro atoms. The van der Waals surface area contributed by atoms with Crippen molar-refractivity contribution in [2.75, 3.05) is 4.90 Å². The van der Waals surface area contributed by atoms with E-state index in [1.165, 1.54) is 21.8 Å². The van der Waals surface area contributed by atoms with Crippen LogP contribution >= 0.6 is 0 Å². The maximum absolute atomic E-state index is 6.54. The van der Waals surface area contributed by atoms with Gasteiger partial charge in [0.05, 0.1) is 23.3 Å². The summed E-state index contributed by atoms with van der Waals surface area (Å²) in [4.78, 5) is 7.06. The van der Waals surface area contributed by atoms with E-state index in [4.69, 9.17) is 9.40 Å². The Morgan fingerprint density at radius 1 is 0.872 bits per heavy atom. The number of rotatable bonds is 5. The van der Waals surface area contributed by atoms with Crippen LogP contribution in [0.4, 0.5) is 11.4 Å². The van der Waals surface area contributed by atoms with Gasteiger partial charge in [0.15, 0.2) is 5.58 Å². The molecule has 1 atom stereocenters. The molecule has 0 N–H and O–H groups in total. The zero-order valence-corrected chi connectivity index (χ0v) is 22.1. The second-order valence-corrected chi connectivity index (χ2v) is 10.1. The molecule has 0 saturated carbocycles. The fraction of sp³-hybridized carbons (Fsp3) is 0.114. The average Bonchev–Trinajstić information content (AvgIpc) is 3.49. The number of hydrogen-bond donors (Lipinski definition) is 0. The van der Waals surface area contributed by atoms with Gasteiger partial charge in [-0.2, -0.15) is 0 Å². The molecule has 190 valence electrons. The number of benzene rings is 3. The number of aryl methyl sites for hydroxylation is 1. The highest BCUT2D eigenvalue weighted by Gasteiger charge is 2.24. The molecule has 7 rings (SSSR count). The number of allylic oxidation sites excluding steroid dienone is 3. The highest BCUT2D eigenvalue weighted by Crippen LogP contribution is 2.40. The molecule has 0 saturated heterocycles. The Balaban J connectivity index is 1.41. The van der Waals surface area contributed by atoms with Gasteiger partial charge in [-0.15, -0.1) is 0 Å². The van der Waals surface area contributed by atoms with E-state index in [0.717, 1.165) is 45.8 Å². The summed E-state index contributed by atoms with van der Waals surface area (Å²) in [5.74, 6) is 0.881. The van der Waals surface area contributed by atoms with Crippen molar-refractivity contribution in [2.45, 2.75) is 26.3 Å². The third kappa shape index (κ3) is 3.88. The second-order valence-electron chi connectivity index (χ2n) is 10.1. The highest BCUT2D eigenvalue weighted by molar-refractivity contribution is 6.11. The topological polar surface area (TPSA) is 34.2 Å². The molecule has 3 aromatic carbocycles. The lowest BCUT2D eigenvalue weighted by molar-refractivity contribution is 0.576. The first-order valence-electron chi connectivity index (χ1n) is 13.4. The van der Waals surface area contributed by atoms with Crippen LogP contribution in [0.1, 0.15) is 24.7 Å². The van der Waals surface area contributed by atoms with Gasteiger partial charge in [-0.05, 0) is 50.6 Å².